The summed E-state index contributed by atoms with van der Waals surface area (Å²) in [5.41, 5.74) is 3.31. The average molecular weight is 495 g/mol. The Morgan fingerprint density at radius 1 is 0.906 bits per heavy atom. The third-order valence-electron chi connectivity index (χ3n) is 4.99. The maximum atomic E-state index is 13.0. The molecule has 3 aromatic carbocycles. The number of rotatable bonds is 9. The first kappa shape index (κ1) is 23.5. The minimum absolute atomic E-state index is 0.0749. The van der Waals surface area contributed by atoms with E-state index in [9.17, 15) is 9.59 Å². The van der Waals surface area contributed by atoms with Gasteiger partial charge in [-0.25, -0.2) is 0 Å². The van der Waals surface area contributed by atoms with Gasteiger partial charge in [-0.3, -0.25) is 9.59 Å². The predicted octanol–water partition coefficient (Wildman–Crippen LogP) is 5.34. The van der Waals surface area contributed by atoms with Crippen LogP contribution in [0.1, 0.15) is 27.9 Å². The Bertz CT molecular complexity index is 1070. The molecule has 0 aliphatic rings. The summed E-state index contributed by atoms with van der Waals surface area (Å²) in [6, 6.07) is 23.1. The molecule has 0 unspecified atom stereocenters. The number of aryl methyl sites for hydroxylation is 1. The number of amides is 2. The summed E-state index contributed by atoms with van der Waals surface area (Å²) in [7, 11) is 3.49. The number of hydrogen-bond donors (Lipinski definition) is 1. The largest absolute Gasteiger partial charge is 0.492 e. The van der Waals surface area contributed by atoms with Crippen LogP contribution in [0.4, 0.5) is 5.69 Å². The van der Waals surface area contributed by atoms with Gasteiger partial charge < -0.3 is 15.0 Å². The van der Waals surface area contributed by atoms with Crippen LogP contribution in [0.2, 0.25) is 0 Å². The smallest absolute Gasteiger partial charge is 0.259 e. The van der Waals surface area contributed by atoms with Gasteiger partial charge in [0.25, 0.3) is 5.91 Å². The van der Waals surface area contributed by atoms with Crippen LogP contribution < -0.4 is 10.1 Å². The molecule has 3 aromatic rings. The van der Waals surface area contributed by atoms with E-state index >= 15 is 0 Å². The van der Waals surface area contributed by atoms with Gasteiger partial charge in [-0.2, -0.15) is 0 Å². The summed E-state index contributed by atoms with van der Waals surface area (Å²) in [6.45, 7) is 0.474. The Hall–Kier alpha value is -3.12. The Morgan fingerprint density at radius 3 is 2.41 bits per heavy atom. The fourth-order valence-corrected chi connectivity index (χ4v) is 3.57. The lowest BCUT2D eigenvalue weighted by Gasteiger charge is -2.13. The van der Waals surface area contributed by atoms with Crippen LogP contribution in [0, 0.1) is 0 Å². The third-order valence-corrected chi connectivity index (χ3v) is 5.48. The van der Waals surface area contributed by atoms with E-state index in [-0.39, 0.29) is 11.8 Å². The number of carbonyl (C=O) groups is 2. The summed E-state index contributed by atoms with van der Waals surface area (Å²) in [6.07, 6.45) is 1.80. The fraction of sp³-hybridized carbons (Fsp3) is 0.231. The van der Waals surface area contributed by atoms with E-state index in [2.05, 4.69) is 33.4 Å². The number of nitrogens with zero attached hydrogens (tertiary/aromatic N) is 1. The Labute approximate surface area is 197 Å². The predicted molar refractivity (Wildman–Crippen MR) is 131 cm³/mol. The van der Waals surface area contributed by atoms with Gasteiger partial charge in [0.05, 0.1) is 12.2 Å². The zero-order valence-electron chi connectivity index (χ0n) is 18.3. The van der Waals surface area contributed by atoms with Crippen molar-refractivity contribution in [2.75, 3.05) is 26.0 Å². The molecule has 0 fully saturated rings. The standard InChI is InChI=1S/C26H27BrN2O3/c1-29(2)25(30)14-11-20-9-6-10-22(17-20)28-26(31)23-18-21(27)12-13-24(23)32-16-15-19-7-4-3-5-8-19/h3-10,12-13,17-18H,11,14-16H2,1-2H3,(H,28,31). The number of anilines is 1. The van der Waals surface area contributed by atoms with E-state index in [1.54, 1.807) is 31.1 Å². The lowest BCUT2D eigenvalue weighted by atomic mass is 10.1. The lowest BCUT2D eigenvalue weighted by Crippen LogP contribution is -2.21. The quantitative estimate of drug-likeness (QED) is 0.436. The molecule has 6 heteroatoms. The van der Waals surface area contributed by atoms with Crippen molar-refractivity contribution in [3.8, 4) is 5.75 Å². The summed E-state index contributed by atoms with van der Waals surface area (Å²) in [5.74, 6) is 0.364. The fourth-order valence-electron chi connectivity index (χ4n) is 3.21. The molecule has 2 amide bonds. The summed E-state index contributed by atoms with van der Waals surface area (Å²) < 4.78 is 6.74. The molecular weight excluding hydrogens is 468 g/mol. The molecule has 0 radical (unpaired) electrons. The number of hydrogen-bond acceptors (Lipinski definition) is 3. The van der Waals surface area contributed by atoms with Gasteiger partial charge >= 0.3 is 0 Å². The number of halogens is 1. The van der Waals surface area contributed by atoms with E-state index < -0.39 is 0 Å². The molecular formula is C26H27BrN2O3. The normalized spacial score (nSPS) is 10.5. The first-order chi connectivity index (χ1) is 15.4. The second-order valence-electron chi connectivity index (χ2n) is 7.67. The second-order valence-corrected chi connectivity index (χ2v) is 8.58. The lowest BCUT2D eigenvalue weighted by molar-refractivity contribution is -0.128. The Balaban J connectivity index is 1.66. The monoisotopic (exact) mass is 494 g/mol. The molecule has 0 aliphatic carbocycles. The number of benzene rings is 3. The summed E-state index contributed by atoms with van der Waals surface area (Å²) in [5, 5.41) is 2.95. The molecule has 3 rings (SSSR count). The Kier molecular flexibility index (Phi) is 8.45. The molecule has 0 aromatic heterocycles. The van der Waals surface area contributed by atoms with Crippen molar-refractivity contribution in [2.45, 2.75) is 19.3 Å². The average Bonchev–Trinajstić information content (AvgIpc) is 2.79. The first-order valence-corrected chi connectivity index (χ1v) is 11.3. The molecule has 0 atom stereocenters. The third kappa shape index (κ3) is 6.95. The van der Waals surface area contributed by atoms with Gasteiger partial charge in [0.1, 0.15) is 5.75 Å². The second kappa shape index (κ2) is 11.5. The maximum absolute atomic E-state index is 13.0. The van der Waals surface area contributed by atoms with E-state index in [0.717, 1.165) is 16.5 Å². The number of ether oxygens (including phenoxy) is 1. The van der Waals surface area contributed by atoms with Gasteiger partial charge in [-0.15, -0.1) is 0 Å². The van der Waals surface area contributed by atoms with Crippen LogP contribution in [-0.4, -0.2) is 37.4 Å². The van der Waals surface area contributed by atoms with Crippen molar-refractivity contribution in [3.05, 3.63) is 94.0 Å². The number of nitrogens with one attached hydrogen (secondary N) is 1. The van der Waals surface area contributed by atoms with E-state index in [0.29, 0.717) is 36.4 Å². The van der Waals surface area contributed by atoms with Gasteiger partial charge in [-0.1, -0.05) is 58.4 Å². The molecule has 166 valence electrons. The van der Waals surface area contributed by atoms with Gasteiger partial charge in [0, 0.05) is 37.1 Å². The maximum Gasteiger partial charge on any atom is 0.259 e. The minimum Gasteiger partial charge on any atom is -0.492 e. The van der Waals surface area contributed by atoms with Crippen LogP contribution in [0.15, 0.2) is 77.3 Å². The van der Waals surface area contributed by atoms with E-state index in [4.69, 9.17) is 4.74 Å². The zero-order valence-corrected chi connectivity index (χ0v) is 19.9. The molecule has 5 nitrogen and oxygen atoms in total. The Morgan fingerprint density at radius 2 is 1.66 bits per heavy atom. The van der Waals surface area contributed by atoms with Gasteiger partial charge in [-0.05, 0) is 47.9 Å². The van der Waals surface area contributed by atoms with Gasteiger partial charge in [0.15, 0.2) is 0 Å². The molecule has 0 bridgehead atoms. The van der Waals surface area contributed by atoms with E-state index in [1.165, 1.54) is 5.56 Å². The van der Waals surface area contributed by atoms with Crippen LogP contribution in [-0.2, 0) is 17.6 Å². The van der Waals surface area contributed by atoms with E-state index in [1.807, 2.05) is 48.5 Å². The highest BCUT2D eigenvalue weighted by Gasteiger charge is 2.14. The molecule has 0 saturated heterocycles. The summed E-state index contributed by atoms with van der Waals surface area (Å²) >= 11 is 3.44. The molecule has 32 heavy (non-hydrogen) atoms. The molecule has 0 saturated carbocycles. The van der Waals surface area contributed by atoms with Crippen LogP contribution in [0.25, 0.3) is 0 Å². The van der Waals surface area contributed by atoms with Crippen molar-refractivity contribution in [3.63, 3.8) is 0 Å². The highest BCUT2D eigenvalue weighted by atomic mass is 79.9. The minimum atomic E-state index is -0.248. The van der Waals surface area contributed by atoms with Crippen molar-refractivity contribution >= 4 is 33.4 Å². The van der Waals surface area contributed by atoms with Crippen molar-refractivity contribution < 1.29 is 14.3 Å². The van der Waals surface area contributed by atoms with Crippen molar-refractivity contribution in [1.29, 1.82) is 0 Å². The van der Waals surface area contributed by atoms with Gasteiger partial charge in [0.2, 0.25) is 5.91 Å². The summed E-state index contributed by atoms with van der Waals surface area (Å²) in [4.78, 5) is 26.4. The molecule has 0 spiro atoms. The molecule has 0 aliphatic heterocycles. The van der Waals surface area contributed by atoms with Crippen molar-refractivity contribution in [1.82, 2.24) is 4.90 Å². The van der Waals surface area contributed by atoms with Crippen LogP contribution in [0.5, 0.6) is 5.75 Å². The molecule has 0 heterocycles. The topological polar surface area (TPSA) is 58.6 Å². The zero-order chi connectivity index (χ0) is 22.9. The van der Waals surface area contributed by atoms with Crippen LogP contribution in [0.3, 0.4) is 0 Å². The van der Waals surface area contributed by atoms with Crippen molar-refractivity contribution in [2.24, 2.45) is 0 Å². The SMILES string of the molecule is CN(C)C(=O)CCc1cccc(NC(=O)c2cc(Br)ccc2OCCc2ccccc2)c1. The first-order valence-electron chi connectivity index (χ1n) is 10.5. The highest BCUT2D eigenvalue weighted by molar-refractivity contribution is 9.10. The van der Waals surface area contributed by atoms with Crippen LogP contribution >= 0.6 is 15.9 Å². The number of carbonyl (C=O) groups excluding carboxylic acids is 2. The molecule has 1 N–H and O–H groups in total. The highest BCUT2D eigenvalue weighted by Crippen LogP contribution is 2.25.